The lowest BCUT2D eigenvalue weighted by Crippen LogP contribution is -2.49. The van der Waals surface area contributed by atoms with E-state index in [2.05, 4.69) is 17.6 Å². The van der Waals surface area contributed by atoms with Gasteiger partial charge in [0.15, 0.2) is 0 Å². The smallest absolute Gasteiger partial charge is 0.317 e. The number of methoxy groups -OCH3 is 2. The number of likely N-dealkylation sites (tertiary alicyclic amines) is 1. The van der Waals surface area contributed by atoms with Crippen LogP contribution in [0.1, 0.15) is 44.2 Å². The zero-order valence-electron chi connectivity index (χ0n) is 19.1. The number of nitrogens with one attached hydrogen (secondary N) is 2. The third-order valence-corrected chi connectivity index (χ3v) is 5.82. The number of unbranched alkanes of at least 4 members (excludes halogenated alkanes) is 1. The van der Waals surface area contributed by atoms with E-state index in [0.717, 1.165) is 24.8 Å². The molecule has 32 heavy (non-hydrogen) atoms. The van der Waals surface area contributed by atoms with E-state index in [-0.39, 0.29) is 23.9 Å². The Hall–Kier alpha value is -3.22. The van der Waals surface area contributed by atoms with Gasteiger partial charge in [-0.3, -0.25) is 4.79 Å². The van der Waals surface area contributed by atoms with Gasteiger partial charge in [-0.15, -0.1) is 0 Å². The van der Waals surface area contributed by atoms with Crippen LogP contribution in [0, 0.1) is 5.92 Å². The molecule has 3 rings (SSSR count). The predicted molar refractivity (Wildman–Crippen MR) is 125 cm³/mol. The Morgan fingerprint density at radius 2 is 1.72 bits per heavy atom. The molecule has 1 aliphatic heterocycles. The van der Waals surface area contributed by atoms with Crippen LogP contribution in [0.3, 0.4) is 0 Å². The van der Waals surface area contributed by atoms with Crippen LogP contribution in [0.4, 0.5) is 10.5 Å². The summed E-state index contributed by atoms with van der Waals surface area (Å²) in [6.45, 7) is 3.09. The number of rotatable bonds is 8. The number of piperidine rings is 1. The van der Waals surface area contributed by atoms with E-state index >= 15 is 0 Å². The zero-order chi connectivity index (χ0) is 22.9. The summed E-state index contributed by atoms with van der Waals surface area (Å²) < 4.78 is 10.6. The highest BCUT2D eigenvalue weighted by molar-refractivity contribution is 5.93. The second-order valence-electron chi connectivity index (χ2n) is 8.03. The van der Waals surface area contributed by atoms with Gasteiger partial charge in [-0.25, -0.2) is 4.79 Å². The summed E-state index contributed by atoms with van der Waals surface area (Å²) in [4.78, 5) is 27.9. The van der Waals surface area contributed by atoms with Gasteiger partial charge >= 0.3 is 6.03 Å². The SMILES string of the molecule is CCCCNC(=O)N1C[C@H](C(=O)Nc2cc(OC)cc(OC)c2)CC[C@H]1c1ccccc1. The molecule has 172 valence electrons. The van der Waals surface area contributed by atoms with E-state index in [0.29, 0.717) is 36.7 Å². The van der Waals surface area contributed by atoms with Crippen molar-refractivity contribution in [3.63, 3.8) is 0 Å². The highest BCUT2D eigenvalue weighted by Gasteiger charge is 2.35. The quantitative estimate of drug-likeness (QED) is 0.589. The van der Waals surface area contributed by atoms with Crippen molar-refractivity contribution in [1.82, 2.24) is 10.2 Å². The van der Waals surface area contributed by atoms with Crippen LogP contribution in [-0.4, -0.2) is 44.1 Å². The zero-order valence-corrected chi connectivity index (χ0v) is 19.1. The molecule has 0 aromatic heterocycles. The maximum absolute atomic E-state index is 13.1. The molecular formula is C25H33N3O4. The molecule has 7 heteroatoms. The number of urea groups is 1. The molecule has 7 nitrogen and oxygen atoms in total. The number of hydrogen-bond acceptors (Lipinski definition) is 4. The Morgan fingerprint density at radius 3 is 2.34 bits per heavy atom. The molecule has 0 unspecified atom stereocenters. The third-order valence-electron chi connectivity index (χ3n) is 5.82. The average molecular weight is 440 g/mol. The maximum atomic E-state index is 13.1. The van der Waals surface area contributed by atoms with Gasteiger partial charge in [0.25, 0.3) is 0 Å². The van der Waals surface area contributed by atoms with Crippen LogP contribution in [0.2, 0.25) is 0 Å². The first-order valence-corrected chi connectivity index (χ1v) is 11.2. The van der Waals surface area contributed by atoms with Crippen molar-refractivity contribution in [2.24, 2.45) is 5.92 Å². The molecule has 1 fully saturated rings. The van der Waals surface area contributed by atoms with Crippen molar-refractivity contribution in [3.8, 4) is 11.5 Å². The Morgan fingerprint density at radius 1 is 1.03 bits per heavy atom. The number of hydrogen-bond donors (Lipinski definition) is 2. The van der Waals surface area contributed by atoms with E-state index < -0.39 is 0 Å². The number of benzene rings is 2. The summed E-state index contributed by atoms with van der Waals surface area (Å²) >= 11 is 0. The Balaban J connectivity index is 1.74. The first-order chi connectivity index (χ1) is 15.5. The van der Waals surface area contributed by atoms with Gasteiger partial charge in [0, 0.05) is 37.0 Å². The van der Waals surface area contributed by atoms with Crippen LogP contribution in [-0.2, 0) is 4.79 Å². The van der Waals surface area contributed by atoms with E-state index in [1.807, 2.05) is 35.2 Å². The van der Waals surface area contributed by atoms with E-state index in [1.165, 1.54) is 0 Å². The fourth-order valence-electron chi connectivity index (χ4n) is 4.03. The summed E-state index contributed by atoms with van der Waals surface area (Å²) in [5, 5.41) is 5.98. The fraction of sp³-hybridized carbons (Fsp3) is 0.440. The molecule has 2 N–H and O–H groups in total. The Labute approximate surface area is 190 Å². The van der Waals surface area contributed by atoms with Crippen LogP contribution >= 0.6 is 0 Å². The maximum Gasteiger partial charge on any atom is 0.317 e. The molecule has 1 aliphatic rings. The number of carbonyl (C=O) groups excluding carboxylic acids is 2. The molecule has 3 amide bonds. The lowest BCUT2D eigenvalue weighted by Gasteiger charge is -2.39. The predicted octanol–water partition coefficient (Wildman–Crippen LogP) is 4.61. The number of anilines is 1. The molecule has 1 heterocycles. The summed E-state index contributed by atoms with van der Waals surface area (Å²) in [5.41, 5.74) is 1.70. The van der Waals surface area contributed by atoms with Crippen molar-refractivity contribution in [1.29, 1.82) is 0 Å². The minimum atomic E-state index is -0.302. The topological polar surface area (TPSA) is 79.9 Å². The Kier molecular flexibility index (Phi) is 8.36. The number of ether oxygens (including phenoxy) is 2. The van der Waals surface area contributed by atoms with Crippen LogP contribution in [0.25, 0.3) is 0 Å². The Bertz CT molecular complexity index is 881. The van der Waals surface area contributed by atoms with Crippen LogP contribution < -0.4 is 20.1 Å². The van der Waals surface area contributed by atoms with Crippen molar-refractivity contribution < 1.29 is 19.1 Å². The lowest BCUT2D eigenvalue weighted by molar-refractivity contribution is -0.121. The van der Waals surface area contributed by atoms with E-state index in [9.17, 15) is 9.59 Å². The molecule has 1 saturated heterocycles. The van der Waals surface area contributed by atoms with Gasteiger partial charge in [-0.1, -0.05) is 43.7 Å². The van der Waals surface area contributed by atoms with Gasteiger partial charge in [0.2, 0.25) is 5.91 Å². The second kappa shape index (κ2) is 11.4. The van der Waals surface area contributed by atoms with Gasteiger partial charge in [0.05, 0.1) is 26.2 Å². The number of carbonyl (C=O) groups is 2. The molecule has 0 radical (unpaired) electrons. The summed E-state index contributed by atoms with van der Waals surface area (Å²) in [5.74, 6) is 0.788. The summed E-state index contributed by atoms with van der Waals surface area (Å²) in [6, 6.07) is 15.1. The second-order valence-corrected chi connectivity index (χ2v) is 8.03. The number of nitrogens with zero attached hydrogens (tertiary/aromatic N) is 1. The van der Waals surface area contributed by atoms with Gasteiger partial charge in [-0.2, -0.15) is 0 Å². The normalized spacial score (nSPS) is 18.0. The van der Waals surface area contributed by atoms with E-state index in [1.54, 1.807) is 32.4 Å². The summed E-state index contributed by atoms with van der Waals surface area (Å²) in [6.07, 6.45) is 3.37. The summed E-state index contributed by atoms with van der Waals surface area (Å²) in [7, 11) is 3.14. The van der Waals surface area contributed by atoms with Crippen molar-refractivity contribution in [2.45, 2.75) is 38.6 Å². The van der Waals surface area contributed by atoms with E-state index in [4.69, 9.17) is 9.47 Å². The average Bonchev–Trinajstić information content (AvgIpc) is 2.83. The molecular weight excluding hydrogens is 406 g/mol. The molecule has 2 aromatic carbocycles. The van der Waals surface area contributed by atoms with Crippen LogP contribution in [0.15, 0.2) is 48.5 Å². The molecule has 0 bridgehead atoms. The third kappa shape index (κ3) is 5.93. The lowest BCUT2D eigenvalue weighted by atomic mass is 9.88. The van der Waals surface area contributed by atoms with Gasteiger partial charge in [-0.05, 0) is 24.8 Å². The van der Waals surface area contributed by atoms with Crippen LogP contribution in [0.5, 0.6) is 11.5 Å². The molecule has 0 aliphatic carbocycles. The highest BCUT2D eigenvalue weighted by Crippen LogP contribution is 2.34. The highest BCUT2D eigenvalue weighted by atomic mass is 16.5. The largest absolute Gasteiger partial charge is 0.497 e. The van der Waals surface area contributed by atoms with Crippen molar-refractivity contribution >= 4 is 17.6 Å². The standard InChI is InChI=1S/C25H33N3O4/c1-4-5-13-26-25(30)28-17-19(11-12-23(28)18-9-7-6-8-10-18)24(29)27-20-14-21(31-2)16-22(15-20)32-3/h6-10,14-16,19,23H,4-5,11-13,17H2,1-3H3,(H,26,30)(H,27,29)/t19-,23+/m1/s1. The minimum absolute atomic E-state index is 0.0428. The van der Waals surface area contributed by atoms with Crippen molar-refractivity contribution in [2.75, 3.05) is 32.6 Å². The molecule has 2 atom stereocenters. The fourth-order valence-corrected chi connectivity index (χ4v) is 4.03. The number of amides is 3. The minimum Gasteiger partial charge on any atom is -0.497 e. The molecule has 0 saturated carbocycles. The molecule has 0 spiro atoms. The first kappa shape index (κ1) is 23.4. The van der Waals surface area contributed by atoms with Crippen molar-refractivity contribution in [3.05, 3.63) is 54.1 Å². The van der Waals surface area contributed by atoms with Gasteiger partial charge < -0.3 is 25.0 Å². The first-order valence-electron chi connectivity index (χ1n) is 11.2. The monoisotopic (exact) mass is 439 g/mol. The van der Waals surface area contributed by atoms with Gasteiger partial charge in [0.1, 0.15) is 11.5 Å². The molecule has 2 aromatic rings.